The molecule has 0 amide bonds. The highest BCUT2D eigenvalue weighted by atomic mass is 35.5. The van der Waals surface area contributed by atoms with Crippen molar-refractivity contribution in [3.05, 3.63) is 101 Å². The molecule has 0 saturated heterocycles. The Kier molecular flexibility index (Phi) is 6.14. The van der Waals surface area contributed by atoms with Gasteiger partial charge in [0.2, 0.25) is 0 Å². The maximum Gasteiger partial charge on any atom is 0.119 e. The Hall–Kier alpha value is -3.53. The predicted molar refractivity (Wildman–Crippen MR) is 141 cm³/mol. The highest BCUT2D eigenvalue weighted by Crippen LogP contribution is 2.42. The van der Waals surface area contributed by atoms with E-state index in [9.17, 15) is 0 Å². The van der Waals surface area contributed by atoms with E-state index in [1.165, 1.54) is 0 Å². The zero-order valence-corrected chi connectivity index (χ0v) is 20.2. The summed E-state index contributed by atoms with van der Waals surface area (Å²) >= 11 is 12.4. The number of aromatic nitrogens is 1. The Bertz CT molecular complexity index is 1460. The number of rotatable bonds is 5. The molecule has 0 N–H and O–H groups in total. The van der Waals surface area contributed by atoms with Crippen LogP contribution in [0.1, 0.15) is 0 Å². The normalized spacial score (nSPS) is 10.9. The Labute approximate surface area is 208 Å². The van der Waals surface area contributed by atoms with Crippen LogP contribution in [0.15, 0.2) is 91.0 Å². The average molecular weight is 486 g/mol. The number of methoxy groups -OCH3 is 2. The fourth-order valence-electron chi connectivity index (χ4n) is 4.11. The number of hydrogen-bond acceptors (Lipinski definition) is 3. The van der Waals surface area contributed by atoms with E-state index in [1.807, 2.05) is 78.9 Å². The predicted octanol–water partition coefficient (Wildman–Crippen LogP) is 8.56. The molecule has 0 atom stereocenters. The third-order valence-electron chi connectivity index (χ3n) is 5.83. The molecule has 5 aromatic rings. The molecule has 0 unspecified atom stereocenters. The smallest absolute Gasteiger partial charge is 0.119 e. The van der Waals surface area contributed by atoms with Crippen molar-refractivity contribution in [2.75, 3.05) is 14.2 Å². The minimum absolute atomic E-state index is 0.676. The summed E-state index contributed by atoms with van der Waals surface area (Å²) in [5, 5.41) is 3.41. The fraction of sp³-hybridized carbons (Fsp3) is 0.0690. The molecular weight excluding hydrogens is 465 g/mol. The molecule has 0 radical (unpaired) electrons. The molecule has 5 rings (SSSR count). The molecule has 0 spiro atoms. The van der Waals surface area contributed by atoms with Gasteiger partial charge in [-0.2, -0.15) is 0 Å². The molecule has 3 nitrogen and oxygen atoms in total. The molecule has 0 aliphatic carbocycles. The van der Waals surface area contributed by atoms with Crippen molar-refractivity contribution >= 4 is 34.0 Å². The summed E-state index contributed by atoms with van der Waals surface area (Å²) in [5.41, 5.74) is 5.71. The fourth-order valence-corrected chi connectivity index (χ4v) is 4.37. The van der Waals surface area contributed by atoms with E-state index in [0.717, 1.165) is 55.9 Å². The third kappa shape index (κ3) is 4.21. The van der Waals surface area contributed by atoms with Crippen LogP contribution >= 0.6 is 23.2 Å². The number of hydrogen-bond donors (Lipinski definition) is 0. The highest BCUT2D eigenvalue weighted by Gasteiger charge is 2.19. The van der Waals surface area contributed by atoms with Gasteiger partial charge in [0, 0.05) is 32.1 Å². The Morgan fingerprint density at radius 2 is 1.03 bits per heavy atom. The molecule has 34 heavy (non-hydrogen) atoms. The van der Waals surface area contributed by atoms with Crippen molar-refractivity contribution < 1.29 is 9.47 Å². The van der Waals surface area contributed by atoms with E-state index in [0.29, 0.717) is 10.0 Å². The molecule has 0 fully saturated rings. The van der Waals surface area contributed by atoms with Crippen molar-refractivity contribution in [2.45, 2.75) is 0 Å². The number of pyridine rings is 1. The first-order valence-corrected chi connectivity index (χ1v) is 11.5. The molecule has 168 valence electrons. The van der Waals surface area contributed by atoms with Gasteiger partial charge in [0.25, 0.3) is 0 Å². The van der Waals surface area contributed by atoms with Crippen LogP contribution in [0, 0.1) is 0 Å². The summed E-state index contributed by atoms with van der Waals surface area (Å²) in [6, 6.07) is 29.6. The molecule has 0 bridgehead atoms. The van der Waals surface area contributed by atoms with Crippen molar-refractivity contribution in [1.82, 2.24) is 4.98 Å². The van der Waals surface area contributed by atoms with Crippen molar-refractivity contribution in [3.8, 4) is 45.1 Å². The number of nitrogens with zero attached hydrogens (tertiary/aromatic N) is 1. The molecule has 5 heteroatoms. The lowest BCUT2D eigenvalue weighted by atomic mass is 9.91. The first-order valence-electron chi connectivity index (χ1n) is 10.8. The van der Waals surface area contributed by atoms with Gasteiger partial charge >= 0.3 is 0 Å². The molecule has 0 aliphatic heterocycles. The van der Waals surface area contributed by atoms with Crippen LogP contribution in [0.3, 0.4) is 0 Å². The van der Waals surface area contributed by atoms with Gasteiger partial charge in [-0.1, -0.05) is 47.5 Å². The van der Waals surface area contributed by atoms with Gasteiger partial charge in [0.15, 0.2) is 0 Å². The second-order valence-corrected chi connectivity index (χ2v) is 8.71. The molecular formula is C29H21Cl2NO2. The van der Waals surface area contributed by atoms with E-state index in [1.54, 1.807) is 14.2 Å². The van der Waals surface area contributed by atoms with Gasteiger partial charge in [0.1, 0.15) is 11.5 Å². The van der Waals surface area contributed by atoms with Gasteiger partial charge in [-0.3, -0.25) is 0 Å². The lowest BCUT2D eigenvalue weighted by molar-refractivity contribution is 0.415. The van der Waals surface area contributed by atoms with Gasteiger partial charge in [-0.05, 0) is 77.7 Å². The minimum atomic E-state index is 0.676. The summed E-state index contributed by atoms with van der Waals surface area (Å²) in [6.07, 6.45) is 0. The monoisotopic (exact) mass is 485 g/mol. The summed E-state index contributed by atoms with van der Waals surface area (Å²) in [6.45, 7) is 0. The van der Waals surface area contributed by atoms with Crippen molar-refractivity contribution in [3.63, 3.8) is 0 Å². The zero-order chi connectivity index (χ0) is 23.7. The number of benzene rings is 4. The number of fused-ring (bicyclic) bond motifs is 1. The average Bonchev–Trinajstić information content (AvgIpc) is 2.88. The Balaban J connectivity index is 1.89. The Morgan fingerprint density at radius 1 is 0.529 bits per heavy atom. The molecule has 0 aliphatic rings. The van der Waals surface area contributed by atoms with Crippen LogP contribution in [0.4, 0.5) is 0 Å². The van der Waals surface area contributed by atoms with Crippen LogP contribution < -0.4 is 9.47 Å². The van der Waals surface area contributed by atoms with E-state index in [-0.39, 0.29) is 0 Å². The lowest BCUT2D eigenvalue weighted by Crippen LogP contribution is -1.97. The summed E-state index contributed by atoms with van der Waals surface area (Å²) in [5.74, 6) is 1.57. The van der Waals surface area contributed by atoms with Crippen LogP contribution in [-0.2, 0) is 0 Å². The second kappa shape index (κ2) is 9.38. The molecule has 0 saturated carbocycles. The van der Waals surface area contributed by atoms with E-state index in [2.05, 4.69) is 12.1 Å². The van der Waals surface area contributed by atoms with Gasteiger partial charge in [0.05, 0.1) is 25.6 Å². The van der Waals surface area contributed by atoms with Crippen LogP contribution in [0.2, 0.25) is 10.0 Å². The van der Waals surface area contributed by atoms with Crippen LogP contribution in [0.5, 0.6) is 11.5 Å². The third-order valence-corrected chi connectivity index (χ3v) is 6.33. The van der Waals surface area contributed by atoms with E-state index < -0.39 is 0 Å². The van der Waals surface area contributed by atoms with Crippen LogP contribution in [0.25, 0.3) is 44.4 Å². The largest absolute Gasteiger partial charge is 0.497 e. The molecule has 1 heterocycles. The summed E-state index contributed by atoms with van der Waals surface area (Å²) in [4.78, 5) is 5.22. The highest BCUT2D eigenvalue weighted by molar-refractivity contribution is 6.31. The van der Waals surface area contributed by atoms with Crippen molar-refractivity contribution in [1.29, 1.82) is 0 Å². The first kappa shape index (κ1) is 22.3. The van der Waals surface area contributed by atoms with Crippen LogP contribution in [-0.4, -0.2) is 19.2 Å². The number of ether oxygens (including phenoxy) is 2. The maximum absolute atomic E-state index is 6.21. The van der Waals surface area contributed by atoms with Gasteiger partial charge in [-0.25, -0.2) is 4.98 Å². The second-order valence-electron chi connectivity index (χ2n) is 7.84. The zero-order valence-electron chi connectivity index (χ0n) is 18.7. The topological polar surface area (TPSA) is 31.4 Å². The molecule has 1 aromatic heterocycles. The van der Waals surface area contributed by atoms with E-state index in [4.69, 9.17) is 37.7 Å². The Morgan fingerprint density at radius 3 is 1.62 bits per heavy atom. The van der Waals surface area contributed by atoms with Gasteiger partial charge in [-0.15, -0.1) is 0 Å². The summed E-state index contributed by atoms with van der Waals surface area (Å²) < 4.78 is 10.9. The quantitative estimate of drug-likeness (QED) is 0.249. The standard InChI is InChI=1S/C29H21Cl2NO2/c1-33-23-13-7-19(8-14-23)28-25-16-15-24(34-2)17-26(25)27(18-3-9-21(30)10-4-18)29(32-28)20-5-11-22(31)12-6-20/h3-17H,1-2H3. The minimum Gasteiger partial charge on any atom is -0.497 e. The number of halogens is 2. The summed E-state index contributed by atoms with van der Waals surface area (Å²) in [7, 11) is 3.34. The van der Waals surface area contributed by atoms with Gasteiger partial charge < -0.3 is 9.47 Å². The SMILES string of the molecule is COc1ccc(-c2nc(-c3ccc(Cl)cc3)c(-c3ccc(Cl)cc3)c3cc(OC)ccc23)cc1. The molecule has 4 aromatic carbocycles. The first-order chi connectivity index (χ1) is 16.6. The maximum atomic E-state index is 6.21. The lowest BCUT2D eigenvalue weighted by Gasteiger charge is -2.18. The van der Waals surface area contributed by atoms with E-state index >= 15 is 0 Å². The van der Waals surface area contributed by atoms with Crippen molar-refractivity contribution in [2.24, 2.45) is 0 Å².